The fraction of sp³-hybridized carbons (Fsp3) is 0.647. The topological polar surface area (TPSA) is 37.4 Å². The van der Waals surface area contributed by atoms with E-state index in [4.69, 9.17) is 0 Å². The molecule has 3 nitrogen and oxygen atoms in total. The van der Waals surface area contributed by atoms with Crippen molar-refractivity contribution in [3.05, 3.63) is 29.8 Å². The molecular weight excluding hydrogens is 282 g/mol. The van der Waals surface area contributed by atoms with E-state index in [0.29, 0.717) is 18.0 Å². The first-order chi connectivity index (χ1) is 9.60. The van der Waals surface area contributed by atoms with Crippen LogP contribution in [0.2, 0.25) is 0 Å². The van der Waals surface area contributed by atoms with Gasteiger partial charge in [0.2, 0.25) is 10.0 Å². The molecule has 21 heavy (non-hydrogen) atoms. The van der Waals surface area contributed by atoms with Crippen LogP contribution in [0.4, 0.5) is 0 Å². The smallest absolute Gasteiger partial charge is 0.207 e. The molecule has 1 aliphatic heterocycles. The Morgan fingerprint density at radius 3 is 2.33 bits per heavy atom. The number of benzene rings is 1. The molecule has 0 N–H and O–H groups in total. The summed E-state index contributed by atoms with van der Waals surface area (Å²) in [7, 11) is -3.41. The zero-order chi connectivity index (χ0) is 15.9. The van der Waals surface area contributed by atoms with Gasteiger partial charge in [-0.25, -0.2) is 8.42 Å². The van der Waals surface area contributed by atoms with Crippen molar-refractivity contribution < 1.29 is 8.42 Å². The van der Waals surface area contributed by atoms with Crippen LogP contribution in [-0.4, -0.2) is 25.8 Å². The average Bonchev–Trinajstić information content (AvgIpc) is 2.37. The standard InChI is InChI=1S/C17H27NO2S/c1-6-17(5)11-16(3,4)12-18(13-17)21(19,20)15-10-8-7-9-14(15)2/h7-10H,6,11-13H2,1-5H3. The van der Waals surface area contributed by atoms with Crippen LogP contribution in [0.5, 0.6) is 0 Å². The summed E-state index contributed by atoms with van der Waals surface area (Å²) in [6.45, 7) is 11.8. The van der Waals surface area contributed by atoms with E-state index >= 15 is 0 Å². The Kier molecular flexibility index (Phi) is 4.24. The van der Waals surface area contributed by atoms with E-state index in [2.05, 4.69) is 27.7 Å². The molecule has 118 valence electrons. The number of hydrogen-bond acceptors (Lipinski definition) is 2. The molecule has 1 aromatic rings. The minimum absolute atomic E-state index is 0.0127. The largest absolute Gasteiger partial charge is 0.243 e. The highest BCUT2D eigenvalue weighted by molar-refractivity contribution is 7.89. The summed E-state index contributed by atoms with van der Waals surface area (Å²) in [5, 5.41) is 0. The Labute approximate surface area is 129 Å². The van der Waals surface area contributed by atoms with Gasteiger partial charge in [0.25, 0.3) is 0 Å². The van der Waals surface area contributed by atoms with Crippen molar-refractivity contribution in [3.8, 4) is 0 Å². The molecule has 0 aromatic heterocycles. The van der Waals surface area contributed by atoms with Crippen LogP contribution in [0.1, 0.15) is 46.1 Å². The lowest BCUT2D eigenvalue weighted by Crippen LogP contribution is -2.51. The summed E-state index contributed by atoms with van der Waals surface area (Å²) in [6, 6.07) is 7.26. The monoisotopic (exact) mass is 309 g/mol. The second-order valence-electron chi connectivity index (χ2n) is 7.54. The molecule has 2 rings (SSSR count). The SMILES string of the molecule is CCC1(C)CN(S(=O)(=O)c2ccccc2C)CC(C)(C)C1. The highest BCUT2D eigenvalue weighted by Crippen LogP contribution is 2.43. The molecule has 0 amide bonds. The molecule has 1 saturated heterocycles. The van der Waals surface area contributed by atoms with Gasteiger partial charge in [-0.15, -0.1) is 0 Å². The predicted octanol–water partition coefficient (Wildman–Crippen LogP) is 3.83. The van der Waals surface area contributed by atoms with Crippen LogP contribution in [-0.2, 0) is 10.0 Å². The molecule has 0 spiro atoms. The Balaban J connectivity index is 2.43. The maximum atomic E-state index is 13.0. The zero-order valence-electron chi connectivity index (χ0n) is 13.8. The first-order valence-corrected chi connectivity index (χ1v) is 9.09. The lowest BCUT2D eigenvalue weighted by atomic mass is 9.69. The van der Waals surface area contributed by atoms with Crippen molar-refractivity contribution in [1.82, 2.24) is 4.31 Å². The maximum absolute atomic E-state index is 13.0. The quantitative estimate of drug-likeness (QED) is 0.851. The molecule has 1 aromatic carbocycles. The molecule has 0 aliphatic carbocycles. The van der Waals surface area contributed by atoms with E-state index in [1.807, 2.05) is 19.1 Å². The van der Waals surface area contributed by atoms with Crippen LogP contribution in [0.15, 0.2) is 29.2 Å². The molecule has 4 heteroatoms. The number of hydrogen-bond donors (Lipinski definition) is 0. The zero-order valence-corrected chi connectivity index (χ0v) is 14.6. The van der Waals surface area contributed by atoms with E-state index in [1.165, 1.54) is 0 Å². The minimum atomic E-state index is -3.41. The molecule has 1 unspecified atom stereocenters. The lowest BCUT2D eigenvalue weighted by Gasteiger charge is -2.47. The van der Waals surface area contributed by atoms with Gasteiger partial charge in [-0.05, 0) is 42.2 Å². The van der Waals surface area contributed by atoms with Crippen molar-refractivity contribution in [3.63, 3.8) is 0 Å². The van der Waals surface area contributed by atoms with Crippen LogP contribution < -0.4 is 0 Å². The van der Waals surface area contributed by atoms with E-state index < -0.39 is 10.0 Å². The Morgan fingerprint density at radius 2 is 1.76 bits per heavy atom. The third-order valence-corrected chi connectivity index (χ3v) is 6.58. The number of sulfonamides is 1. The molecule has 0 radical (unpaired) electrons. The number of aryl methyl sites for hydroxylation is 1. The van der Waals surface area contributed by atoms with Crippen LogP contribution in [0.3, 0.4) is 0 Å². The molecular formula is C17H27NO2S. The summed E-state index contributed by atoms with van der Waals surface area (Å²) in [4.78, 5) is 0.446. The predicted molar refractivity (Wildman–Crippen MR) is 86.7 cm³/mol. The lowest BCUT2D eigenvalue weighted by molar-refractivity contribution is 0.0608. The average molecular weight is 309 g/mol. The minimum Gasteiger partial charge on any atom is -0.207 e. The van der Waals surface area contributed by atoms with E-state index in [0.717, 1.165) is 18.4 Å². The van der Waals surface area contributed by atoms with Crippen molar-refractivity contribution in [2.75, 3.05) is 13.1 Å². The van der Waals surface area contributed by atoms with Gasteiger partial charge >= 0.3 is 0 Å². The second kappa shape index (κ2) is 5.40. The van der Waals surface area contributed by atoms with Gasteiger partial charge in [-0.2, -0.15) is 4.31 Å². The molecule has 1 heterocycles. The fourth-order valence-corrected chi connectivity index (χ4v) is 5.62. The van der Waals surface area contributed by atoms with Gasteiger partial charge < -0.3 is 0 Å². The maximum Gasteiger partial charge on any atom is 0.243 e. The first-order valence-electron chi connectivity index (χ1n) is 7.65. The van der Waals surface area contributed by atoms with Crippen molar-refractivity contribution in [2.45, 2.75) is 52.4 Å². The van der Waals surface area contributed by atoms with Gasteiger partial charge in [-0.3, -0.25) is 0 Å². The summed E-state index contributed by atoms with van der Waals surface area (Å²) in [5.74, 6) is 0. The summed E-state index contributed by atoms with van der Waals surface area (Å²) in [5.41, 5.74) is 0.884. The normalized spacial score (nSPS) is 26.7. The molecule has 1 atom stereocenters. The summed E-state index contributed by atoms with van der Waals surface area (Å²) >= 11 is 0. The van der Waals surface area contributed by atoms with Crippen LogP contribution >= 0.6 is 0 Å². The molecule has 0 bridgehead atoms. The Hall–Kier alpha value is -0.870. The highest BCUT2D eigenvalue weighted by Gasteiger charge is 2.43. The Morgan fingerprint density at radius 1 is 1.14 bits per heavy atom. The van der Waals surface area contributed by atoms with Gasteiger partial charge in [-0.1, -0.05) is 45.9 Å². The summed E-state index contributed by atoms with van der Waals surface area (Å²) < 4.78 is 27.7. The third kappa shape index (κ3) is 3.32. The third-order valence-electron chi connectivity index (χ3n) is 4.63. The first kappa shape index (κ1) is 16.5. The van der Waals surface area contributed by atoms with Gasteiger partial charge in [0, 0.05) is 13.1 Å². The molecule has 1 fully saturated rings. The molecule has 1 aliphatic rings. The summed E-state index contributed by atoms with van der Waals surface area (Å²) in [6.07, 6.45) is 2.06. The highest BCUT2D eigenvalue weighted by atomic mass is 32.2. The van der Waals surface area contributed by atoms with E-state index in [9.17, 15) is 8.42 Å². The van der Waals surface area contributed by atoms with Crippen molar-refractivity contribution in [1.29, 1.82) is 0 Å². The van der Waals surface area contributed by atoms with E-state index in [1.54, 1.807) is 16.4 Å². The van der Waals surface area contributed by atoms with Crippen LogP contribution in [0, 0.1) is 17.8 Å². The van der Waals surface area contributed by atoms with E-state index in [-0.39, 0.29) is 10.8 Å². The Bertz CT molecular complexity index is 621. The second-order valence-corrected chi connectivity index (χ2v) is 9.45. The number of piperidine rings is 1. The van der Waals surface area contributed by atoms with Crippen molar-refractivity contribution >= 4 is 10.0 Å². The van der Waals surface area contributed by atoms with Gasteiger partial charge in [0.1, 0.15) is 0 Å². The van der Waals surface area contributed by atoms with Crippen molar-refractivity contribution in [2.24, 2.45) is 10.8 Å². The molecule has 0 saturated carbocycles. The van der Waals surface area contributed by atoms with Crippen LogP contribution in [0.25, 0.3) is 0 Å². The fourth-order valence-electron chi connectivity index (χ4n) is 3.62. The number of rotatable bonds is 3. The number of nitrogens with zero attached hydrogens (tertiary/aromatic N) is 1. The van der Waals surface area contributed by atoms with Gasteiger partial charge in [0.15, 0.2) is 0 Å². The van der Waals surface area contributed by atoms with Gasteiger partial charge in [0.05, 0.1) is 4.90 Å².